The molecular weight excluding hydrogens is 174 g/mol. The van der Waals surface area contributed by atoms with E-state index in [1.165, 1.54) is 19.3 Å². The molecule has 0 aromatic heterocycles. The Kier molecular flexibility index (Phi) is 3.91. The Hall–Kier alpha value is -0.590. The van der Waals surface area contributed by atoms with Gasteiger partial charge in [0.05, 0.1) is 6.07 Å². The fraction of sp³-hybridized carbons (Fsp3) is 0.909. The van der Waals surface area contributed by atoms with Gasteiger partial charge < -0.3 is 10.2 Å². The van der Waals surface area contributed by atoms with E-state index >= 15 is 0 Å². The number of nitrogens with zero attached hydrogens (tertiary/aromatic N) is 2. The zero-order valence-electron chi connectivity index (χ0n) is 9.51. The van der Waals surface area contributed by atoms with E-state index in [9.17, 15) is 0 Å². The highest BCUT2D eigenvalue weighted by molar-refractivity contribution is 5.03. The van der Waals surface area contributed by atoms with Crippen LogP contribution in [-0.4, -0.2) is 37.1 Å². The maximum Gasteiger partial charge on any atom is 0.104 e. The van der Waals surface area contributed by atoms with Crippen molar-refractivity contribution >= 4 is 0 Å². The molecule has 1 rings (SSSR count). The topological polar surface area (TPSA) is 39.1 Å². The molecule has 0 bridgehead atoms. The predicted molar refractivity (Wildman–Crippen MR) is 58.0 cm³/mol. The molecule has 1 fully saturated rings. The predicted octanol–water partition coefficient (Wildman–Crippen LogP) is 1.36. The quantitative estimate of drug-likeness (QED) is 0.720. The van der Waals surface area contributed by atoms with Gasteiger partial charge >= 0.3 is 0 Å². The van der Waals surface area contributed by atoms with Crippen LogP contribution in [0.3, 0.4) is 0 Å². The van der Waals surface area contributed by atoms with Crippen LogP contribution in [0, 0.1) is 11.3 Å². The molecule has 0 spiro atoms. The van der Waals surface area contributed by atoms with E-state index < -0.39 is 0 Å². The third-order valence-electron chi connectivity index (χ3n) is 3.46. The van der Waals surface area contributed by atoms with Crippen LogP contribution in [0.1, 0.15) is 32.6 Å². The first-order valence-electron chi connectivity index (χ1n) is 5.42. The summed E-state index contributed by atoms with van der Waals surface area (Å²) >= 11 is 0. The van der Waals surface area contributed by atoms with Gasteiger partial charge in [0.2, 0.25) is 0 Å². The smallest absolute Gasteiger partial charge is 0.104 e. The molecule has 3 heteroatoms. The number of hydrogen-bond acceptors (Lipinski definition) is 3. The van der Waals surface area contributed by atoms with Gasteiger partial charge in [0.1, 0.15) is 5.54 Å². The molecule has 1 aliphatic carbocycles. The van der Waals surface area contributed by atoms with E-state index in [1.54, 1.807) is 0 Å². The van der Waals surface area contributed by atoms with Crippen LogP contribution in [0.25, 0.3) is 0 Å². The molecular formula is C11H21N3. The molecule has 1 N–H and O–H groups in total. The summed E-state index contributed by atoms with van der Waals surface area (Å²) < 4.78 is 0. The van der Waals surface area contributed by atoms with Crippen molar-refractivity contribution in [2.45, 2.75) is 44.2 Å². The second kappa shape index (κ2) is 4.77. The minimum Gasteiger partial charge on any atom is -0.303 e. The van der Waals surface area contributed by atoms with Gasteiger partial charge in [-0.1, -0.05) is 6.42 Å². The van der Waals surface area contributed by atoms with Gasteiger partial charge in [-0.15, -0.1) is 0 Å². The fourth-order valence-electron chi connectivity index (χ4n) is 1.65. The summed E-state index contributed by atoms with van der Waals surface area (Å²) in [5, 5.41) is 12.0. The highest BCUT2D eigenvalue weighted by Crippen LogP contribution is 2.24. The molecule has 1 aliphatic rings. The van der Waals surface area contributed by atoms with Crippen LogP contribution in [-0.2, 0) is 0 Å². The third kappa shape index (κ3) is 2.70. The Labute approximate surface area is 87.1 Å². The lowest BCUT2D eigenvalue weighted by atomic mass is 9.91. The molecule has 14 heavy (non-hydrogen) atoms. The standard InChI is InChI=1S/C11H21N3/c1-11(9-12,13-2)7-8-14(3)10-5-4-6-10/h10,13H,4-8H2,1-3H3. The SMILES string of the molecule is CNC(C)(C#N)CCN(C)C1CCC1. The summed E-state index contributed by atoms with van der Waals surface area (Å²) in [7, 11) is 4.02. The normalized spacial score (nSPS) is 21.4. The maximum absolute atomic E-state index is 8.98. The fourth-order valence-corrected chi connectivity index (χ4v) is 1.65. The number of nitriles is 1. The highest BCUT2D eigenvalue weighted by Gasteiger charge is 2.25. The van der Waals surface area contributed by atoms with E-state index in [-0.39, 0.29) is 5.54 Å². The van der Waals surface area contributed by atoms with Gasteiger partial charge in [0, 0.05) is 12.6 Å². The van der Waals surface area contributed by atoms with E-state index in [2.05, 4.69) is 23.3 Å². The minimum absolute atomic E-state index is 0.363. The van der Waals surface area contributed by atoms with Gasteiger partial charge in [0.15, 0.2) is 0 Å². The minimum atomic E-state index is -0.363. The van der Waals surface area contributed by atoms with Crippen LogP contribution in [0.4, 0.5) is 0 Å². The third-order valence-corrected chi connectivity index (χ3v) is 3.46. The summed E-state index contributed by atoms with van der Waals surface area (Å²) in [5.74, 6) is 0. The van der Waals surface area contributed by atoms with E-state index in [0.717, 1.165) is 19.0 Å². The zero-order chi connectivity index (χ0) is 10.6. The lowest BCUT2D eigenvalue weighted by Crippen LogP contribution is -2.44. The second-order valence-electron chi connectivity index (χ2n) is 4.51. The van der Waals surface area contributed by atoms with Crippen LogP contribution in [0.5, 0.6) is 0 Å². The lowest BCUT2D eigenvalue weighted by molar-refractivity contribution is 0.150. The van der Waals surface area contributed by atoms with Crippen LogP contribution in [0.2, 0.25) is 0 Å². The van der Waals surface area contributed by atoms with E-state index in [1.807, 2.05) is 14.0 Å². The molecule has 0 radical (unpaired) electrons. The van der Waals surface area contributed by atoms with Crippen molar-refractivity contribution in [1.82, 2.24) is 10.2 Å². The summed E-state index contributed by atoms with van der Waals surface area (Å²) in [4.78, 5) is 2.39. The molecule has 1 unspecified atom stereocenters. The number of nitrogens with one attached hydrogen (secondary N) is 1. The Morgan fingerprint density at radius 1 is 1.57 bits per heavy atom. The second-order valence-corrected chi connectivity index (χ2v) is 4.51. The molecule has 0 aromatic rings. The largest absolute Gasteiger partial charge is 0.303 e. The molecule has 0 amide bonds. The monoisotopic (exact) mass is 195 g/mol. The average molecular weight is 195 g/mol. The first kappa shape index (κ1) is 11.5. The van der Waals surface area contributed by atoms with Gasteiger partial charge in [-0.05, 0) is 40.3 Å². The Morgan fingerprint density at radius 2 is 2.21 bits per heavy atom. The molecule has 1 atom stereocenters. The van der Waals surface area contributed by atoms with Crippen molar-refractivity contribution in [2.24, 2.45) is 0 Å². The van der Waals surface area contributed by atoms with Crippen molar-refractivity contribution in [3.05, 3.63) is 0 Å². The molecule has 3 nitrogen and oxygen atoms in total. The van der Waals surface area contributed by atoms with Gasteiger partial charge in [-0.25, -0.2) is 0 Å². The average Bonchev–Trinajstić information content (AvgIpc) is 2.11. The molecule has 1 saturated carbocycles. The van der Waals surface area contributed by atoms with Crippen molar-refractivity contribution in [3.63, 3.8) is 0 Å². The summed E-state index contributed by atoms with van der Waals surface area (Å²) in [6.45, 7) is 2.97. The van der Waals surface area contributed by atoms with Crippen molar-refractivity contribution in [2.75, 3.05) is 20.6 Å². The highest BCUT2D eigenvalue weighted by atomic mass is 15.1. The number of rotatable bonds is 5. The Bertz CT molecular complexity index is 217. The summed E-state index contributed by atoms with van der Waals surface area (Å²) in [6, 6.07) is 3.09. The lowest BCUT2D eigenvalue weighted by Gasteiger charge is -2.36. The summed E-state index contributed by atoms with van der Waals surface area (Å²) in [5.41, 5.74) is -0.363. The van der Waals surface area contributed by atoms with Crippen molar-refractivity contribution < 1.29 is 0 Å². The molecule has 0 aliphatic heterocycles. The first-order valence-corrected chi connectivity index (χ1v) is 5.42. The van der Waals surface area contributed by atoms with Crippen molar-refractivity contribution in [1.29, 1.82) is 5.26 Å². The number of hydrogen-bond donors (Lipinski definition) is 1. The van der Waals surface area contributed by atoms with E-state index in [0.29, 0.717) is 0 Å². The Morgan fingerprint density at radius 3 is 2.57 bits per heavy atom. The van der Waals surface area contributed by atoms with Crippen LogP contribution < -0.4 is 5.32 Å². The molecule has 0 saturated heterocycles. The Balaban J connectivity index is 2.28. The molecule has 80 valence electrons. The maximum atomic E-state index is 8.98. The molecule has 0 aromatic carbocycles. The summed E-state index contributed by atoms with van der Waals surface area (Å²) in [6.07, 6.45) is 4.93. The van der Waals surface area contributed by atoms with E-state index in [4.69, 9.17) is 5.26 Å². The first-order chi connectivity index (χ1) is 6.61. The van der Waals surface area contributed by atoms with Gasteiger partial charge in [-0.2, -0.15) is 5.26 Å². The van der Waals surface area contributed by atoms with Crippen LogP contribution in [0.15, 0.2) is 0 Å². The van der Waals surface area contributed by atoms with Gasteiger partial charge in [0.25, 0.3) is 0 Å². The zero-order valence-corrected chi connectivity index (χ0v) is 9.51. The molecule has 0 heterocycles. The van der Waals surface area contributed by atoms with Crippen molar-refractivity contribution in [3.8, 4) is 6.07 Å². The van der Waals surface area contributed by atoms with Crippen LogP contribution >= 0.6 is 0 Å². The van der Waals surface area contributed by atoms with Gasteiger partial charge in [-0.3, -0.25) is 0 Å².